The molecular formula is C70H112N18O21. The highest BCUT2D eigenvalue weighted by Gasteiger charge is 2.39. The highest BCUT2D eigenvalue weighted by molar-refractivity contribution is 6.01. The lowest BCUT2D eigenvalue weighted by Crippen LogP contribution is -2.61. The number of carbonyl (C=O) groups excluding carboxylic acids is 15. The van der Waals surface area contributed by atoms with E-state index in [1.807, 2.05) is 0 Å². The number of amides is 14. The van der Waals surface area contributed by atoms with Crippen LogP contribution in [-0.4, -0.2) is 220 Å². The van der Waals surface area contributed by atoms with Crippen LogP contribution >= 0.6 is 0 Å². The van der Waals surface area contributed by atoms with Gasteiger partial charge in [-0.25, -0.2) is 0 Å². The van der Waals surface area contributed by atoms with E-state index >= 15 is 0 Å². The Kier molecular flexibility index (Phi) is 42.5. The highest BCUT2D eigenvalue weighted by atomic mass is 16.4. The Balaban J connectivity index is 2.68. The summed E-state index contributed by atoms with van der Waals surface area (Å²) < 4.78 is 0. The third-order valence-corrected chi connectivity index (χ3v) is 17.7. The first kappa shape index (κ1) is 94.2. The number of primary amides is 1. The van der Waals surface area contributed by atoms with Crippen molar-refractivity contribution in [3.63, 3.8) is 0 Å². The number of ketones is 1. The van der Waals surface area contributed by atoms with Crippen LogP contribution in [0.5, 0.6) is 0 Å². The molecule has 1 aliphatic heterocycles. The molecule has 2 rings (SSSR count). The molecule has 0 bridgehead atoms. The summed E-state index contributed by atoms with van der Waals surface area (Å²) in [4.78, 5) is 248. The molecule has 608 valence electrons. The van der Waals surface area contributed by atoms with Crippen molar-refractivity contribution in [2.24, 2.45) is 45.7 Å². The van der Waals surface area contributed by atoms with Gasteiger partial charge in [0, 0.05) is 45.7 Å². The van der Waals surface area contributed by atoms with E-state index < -0.39 is 223 Å². The standard InChI is InChI=1S/C70H112N18O21/c1-9-37(5)56(58(72)98)87-69(109)57(38(6)10-2)88-68(108)51(35-55(96)97)86-66(106)49(33-41-19-12-11-13-20-41)84-64(104)47(31-36(3)4)82-60(100)42(21-14-16-28-71)78-59(99)44(23-18-30-76-70(73)74)80-65(105)48(32-39(7)89)83-61(101)43-22-15-17-29-75-52(91)26-24-45(77-40(8)90)62(102)85-50(34-54(94)95)67(107)81-46(63(103)79-43)25-27-53(92)93/h11-13,19-20,36-38,42-51,56-57H,9-10,14-18,21-35,71H2,1-8H3,(H2,72,98)(H,75,91)(H,77,90)(H,78,99)(H,79,103)(H,80,105)(H,81,107)(H,82,100)(H,83,101)(H,84,104)(H,85,102)(H,86,106)(H,87,109)(H,88,108)(H,92,93)(H,94,95)(H,96,97)(H4,73,74,76)/t37-,38-,42-,43-,44-,45+,46-,47-,48-,49-,50-,51-,56-,57-/m0/s1. The molecule has 0 unspecified atom stereocenters. The zero-order valence-electron chi connectivity index (χ0n) is 63.1. The largest absolute Gasteiger partial charge is 0.481 e. The Morgan fingerprint density at radius 1 is 0.560 bits per heavy atom. The minimum absolute atomic E-state index is 0.0172. The Morgan fingerprint density at radius 2 is 1.08 bits per heavy atom. The van der Waals surface area contributed by atoms with E-state index in [0.29, 0.717) is 24.8 Å². The summed E-state index contributed by atoms with van der Waals surface area (Å²) in [5.41, 5.74) is 23.1. The zero-order valence-corrected chi connectivity index (χ0v) is 63.1. The number of nitrogens with one attached hydrogen (secondary N) is 13. The van der Waals surface area contributed by atoms with Gasteiger partial charge >= 0.3 is 17.9 Å². The van der Waals surface area contributed by atoms with E-state index in [0.717, 1.165) is 13.8 Å². The van der Waals surface area contributed by atoms with Crippen molar-refractivity contribution in [1.82, 2.24) is 69.1 Å². The molecule has 1 saturated heterocycles. The monoisotopic (exact) mass is 1540 g/mol. The number of nitrogens with two attached hydrogens (primary N) is 4. The van der Waals surface area contributed by atoms with Gasteiger partial charge in [-0.15, -0.1) is 0 Å². The second-order valence-corrected chi connectivity index (χ2v) is 27.4. The number of hydrogen-bond donors (Lipinski definition) is 20. The summed E-state index contributed by atoms with van der Waals surface area (Å²) in [6.07, 6.45) is -4.76. The van der Waals surface area contributed by atoms with Crippen molar-refractivity contribution in [2.75, 3.05) is 19.6 Å². The molecule has 1 heterocycles. The molecule has 1 aliphatic rings. The molecule has 24 N–H and O–H groups in total. The first-order valence-corrected chi connectivity index (χ1v) is 36.4. The predicted octanol–water partition coefficient (Wildman–Crippen LogP) is -4.25. The fraction of sp³-hybridized carbons (Fsp3) is 0.643. The number of carboxylic acids is 3. The average molecular weight is 1540 g/mol. The van der Waals surface area contributed by atoms with Crippen molar-refractivity contribution >= 4 is 112 Å². The number of aliphatic carboxylic acids is 3. The van der Waals surface area contributed by atoms with Crippen molar-refractivity contribution in [1.29, 1.82) is 0 Å². The van der Waals surface area contributed by atoms with Gasteiger partial charge in [0.05, 0.1) is 12.8 Å². The minimum atomic E-state index is -1.97. The van der Waals surface area contributed by atoms with Crippen molar-refractivity contribution < 1.29 is 102 Å². The van der Waals surface area contributed by atoms with Gasteiger partial charge in [-0.2, -0.15) is 0 Å². The number of Topliss-reactive ketones (excluding diaryl/α,β-unsaturated/α-hetero) is 1. The molecule has 39 nitrogen and oxygen atoms in total. The Morgan fingerprint density at radius 3 is 1.63 bits per heavy atom. The molecule has 0 radical (unpaired) electrons. The SMILES string of the molecule is CC[C@H](C)[C@H](NC(=O)[C@@H](NC(=O)[C@H](CC(=O)O)NC(=O)[C@H](Cc1ccccc1)NC(=O)[C@H](CC(C)C)NC(=O)[C@H](CCCCN)NC(=O)[C@H](CCCN=C(N)N)NC(=O)[C@H](CC(C)=O)NC(=O)[C@@H]1CCCCNC(=O)CC[C@@H](NC(C)=O)C(=O)N[C@@H](CC(=O)O)C(=O)N[C@@H](CCC(=O)O)C(=O)N1)[C@@H](C)CC)C(N)=O. The maximum atomic E-state index is 14.8. The molecule has 0 spiro atoms. The van der Waals surface area contributed by atoms with E-state index in [-0.39, 0.29) is 102 Å². The molecule has 14 amide bonds. The van der Waals surface area contributed by atoms with Crippen LogP contribution in [0, 0.1) is 17.8 Å². The smallest absolute Gasteiger partial charge is 0.305 e. The maximum absolute atomic E-state index is 14.8. The van der Waals surface area contributed by atoms with Crippen LogP contribution < -0.4 is 92.1 Å². The topological polar surface area (TPSA) is 641 Å². The van der Waals surface area contributed by atoms with Crippen LogP contribution in [0.4, 0.5) is 0 Å². The van der Waals surface area contributed by atoms with Crippen molar-refractivity contribution in [3.05, 3.63) is 35.9 Å². The fourth-order valence-electron chi connectivity index (χ4n) is 11.3. The van der Waals surface area contributed by atoms with E-state index in [9.17, 15) is 102 Å². The van der Waals surface area contributed by atoms with E-state index in [4.69, 9.17) is 22.9 Å². The third-order valence-electron chi connectivity index (χ3n) is 17.7. The average Bonchev–Trinajstić information content (AvgIpc) is 0.853. The number of unbranched alkanes of at least 4 members (excludes halogenated alkanes) is 1. The lowest BCUT2D eigenvalue weighted by molar-refractivity contribution is -0.142. The minimum Gasteiger partial charge on any atom is -0.481 e. The first-order valence-electron chi connectivity index (χ1n) is 36.4. The zero-order chi connectivity index (χ0) is 82.2. The van der Waals surface area contributed by atoms with Crippen LogP contribution in [-0.2, 0) is 92.7 Å². The molecule has 39 heteroatoms. The van der Waals surface area contributed by atoms with Crippen molar-refractivity contribution in [2.45, 2.75) is 250 Å². The lowest BCUT2D eigenvalue weighted by Gasteiger charge is -2.30. The van der Waals surface area contributed by atoms with Gasteiger partial charge in [-0.1, -0.05) is 84.7 Å². The summed E-state index contributed by atoms with van der Waals surface area (Å²) in [6.45, 7) is 12.3. The summed E-state index contributed by atoms with van der Waals surface area (Å²) in [5.74, 6) is -21.0. The fourth-order valence-corrected chi connectivity index (χ4v) is 11.3. The molecule has 1 aromatic rings. The first-order chi connectivity index (χ1) is 51.3. The lowest BCUT2D eigenvalue weighted by atomic mass is 9.94. The number of benzene rings is 1. The summed E-state index contributed by atoms with van der Waals surface area (Å²) >= 11 is 0. The number of rotatable bonds is 43. The third kappa shape index (κ3) is 36.5. The second kappa shape index (κ2) is 49.1. The Bertz CT molecular complexity index is 3360. The van der Waals surface area contributed by atoms with Gasteiger partial charge in [0.2, 0.25) is 82.7 Å². The van der Waals surface area contributed by atoms with Crippen LogP contribution in [0.3, 0.4) is 0 Å². The quantitative estimate of drug-likeness (QED) is 0.0167. The number of hydrogen-bond acceptors (Lipinski definition) is 20. The normalized spacial score (nSPS) is 18.6. The van der Waals surface area contributed by atoms with Gasteiger partial charge in [0.15, 0.2) is 5.96 Å². The maximum Gasteiger partial charge on any atom is 0.305 e. The van der Waals surface area contributed by atoms with E-state index in [1.165, 1.54) is 0 Å². The molecular weight excluding hydrogens is 1430 g/mol. The van der Waals surface area contributed by atoms with Gasteiger partial charge < -0.3 is 107 Å². The highest BCUT2D eigenvalue weighted by Crippen LogP contribution is 2.17. The van der Waals surface area contributed by atoms with Crippen LogP contribution in [0.25, 0.3) is 0 Å². The van der Waals surface area contributed by atoms with Gasteiger partial charge in [0.25, 0.3) is 0 Å². The van der Waals surface area contributed by atoms with E-state index in [1.54, 1.807) is 71.9 Å². The second-order valence-electron chi connectivity index (χ2n) is 27.4. The Labute approximate surface area is 631 Å². The van der Waals surface area contributed by atoms with Gasteiger partial charge in [0.1, 0.15) is 78.3 Å². The van der Waals surface area contributed by atoms with Crippen LogP contribution in [0.1, 0.15) is 177 Å². The summed E-state index contributed by atoms with van der Waals surface area (Å²) in [7, 11) is 0. The van der Waals surface area contributed by atoms with Gasteiger partial charge in [-0.05, 0) is 107 Å². The molecule has 0 aromatic heterocycles. The number of carboxylic acid groups (broad SMARTS) is 3. The van der Waals surface area contributed by atoms with Crippen LogP contribution in [0.2, 0.25) is 0 Å². The number of carbonyl (C=O) groups is 18. The van der Waals surface area contributed by atoms with Crippen LogP contribution in [0.15, 0.2) is 35.3 Å². The number of aliphatic imine (C=N–C) groups is 1. The Hall–Kier alpha value is -10.9. The molecule has 0 saturated carbocycles. The molecule has 0 aliphatic carbocycles. The molecule has 1 aromatic carbocycles. The molecule has 109 heavy (non-hydrogen) atoms. The molecule has 1 fully saturated rings. The van der Waals surface area contributed by atoms with Crippen molar-refractivity contribution in [3.8, 4) is 0 Å². The van der Waals surface area contributed by atoms with E-state index in [2.05, 4.69) is 74.1 Å². The molecule has 14 atom stereocenters. The number of guanidine groups is 1. The summed E-state index contributed by atoms with van der Waals surface area (Å²) in [5, 5.41) is 61.5. The predicted molar refractivity (Wildman–Crippen MR) is 392 cm³/mol. The number of nitrogens with zero attached hydrogens (tertiary/aromatic N) is 1. The summed E-state index contributed by atoms with van der Waals surface area (Å²) in [6, 6.07) is -11.2. The van der Waals surface area contributed by atoms with Gasteiger partial charge in [-0.3, -0.25) is 91.3 Å².